The smallest absolute Gasteiger partial charge is 0.264 e. The molecule has 0 saturated heterocycles. The third kappa shape index (κ3) is 8.78. The van der Waals surface area contributed by atoms with Crippen molar-refractivity contribution in [2.45, 2.75) is 97.3 Å². The van der Waals surface area contributed by atoms with E-state index in [9.17, 15) is 25.9 Å². The van der Waals surface area contributed by atoms with Crippen LogP contribution in [0.5, 0.6) is 0 Å². The van der Waals surface area contributed by atoms with Crippen LogP contribution in [0.4, 0.5) is 11.4 Å². The largest absolute Gasteiger partial charge is 0.344 e. The van der Waals surface area contributed by atoms with Gasteiger partial charge in [0.1, 0.15) is 6.54 Å². The topological polar surface area (TPSA) is 115 Å². The van der Waals surface area contributed by atoms with Gasteiger partial charge in [0.25, 0.3) is 20.2 Å². The van der Waals surface area contributed by atoms with E-state index in [2.05, 4.69) is 148 Å². The van der Waals surface area contributed by atoms with E-state index in [1.54, 1.807) is 0 Å². The van der Waals surface area contributed by atoms with Crippen molar-refractivity contribution >= 4 is 58.9 Å². The van der Waals surface area contributed by atoms with Gasteiger partial charge < -0.3 is 4.90 Å². The molecule has 3 aliphatic rings. The Bertz CT molecular complexity index is 2680. The number of hydrogen-bond donors (Lipinski definition) is 2. The van der Waals surface area contributed by atoms with Gasteiger partial charge in [0.2, 0.25) is 5.69 Å². The van der Waals surface area contributed by atoms with Crippen molar-refractivity contribution in [3.05, 3.63) is 131 Å². The highest BCUT2D eigenvalue weighted by molar-refractivity contribution is 7.86. The first kappa shape index (κ1) is 42.8. The number of rotatable bonds is 14. The quantitative estimate of drug-likeness (QED) is 0.0738. The second kappa shape index (κ2) is 16.6. The van der Waals surface area contributed by atoms with Gasteiger partial charge >= 0.3 is 0 Å². The highest BCUT2D eigenvalue weighted by atomic mass is 32.2. The number of anilines is 1. The molecule has 1 aliphatic carbocycles. The first-order valence-electron chi connectivity index (χ1n) is 21.1. The van der Waals surface area contributed by atoms with E-state index in [1.807, 2.05) is 0 Å². The minimum atomic E-state index is -4.03. The van der Waals surface area contributed by atoms with Gasteiger partial charge in [-0.25, -0.2) is 0 Å². The standard InChI is InChI=1S/C49H58N2O6S2/c1-34(2)45-37(24-28-43-48(3,4)46-39-20-9-7-16-35(39)22-26-41(46)50(43)30-11-13-32-58(52,53)54)18-15-19-38(45)25-29-44-49(5,6)47-40-21-10-8-17-36(40)23-27-42(47)51(44)31-12-14-33-59(55,56)57/h7-10,16-17,20-29,34H,11-15,18-19,30-33H2,1-6H3,(H-,52,53,54,55,56,57)/p+1. The van der Waals surface area contributed by atoms with Crippen LogP contribution in [0, 0.1) is 5.92 Å². The first-order chi connectivity index (χ1) is 27.9. The molecule has 0 fully saturated rings. The molecule has 0 amide bonds. The minimum Gasteiger partial charge on any atom is -0.344 e. The molecule has 10 heteroatoms. The summed E-state index contributed by atoms with van der Waals surface area (Å²) in [5.41, 5.74) is 10.6. The van der Waals surface area contributed by atoms with E-state index >= 15 is 0 Å². The van der Waals surface area contributed by atoms with Crippen molar-refractivity contribution in [3.8, 4) is 0 Å². The number of benzene rings is 4. The maximum Gasteiger partial charge on any atom is 0.264 e. The molecule has 59 heavy (non-hydrogen) atoms. The van der Waals surface area contributed by atoms with Crippen molar-refractivity contribution in [3.63, 3.8) is 0 Å². The number of allylic oxidation sites excluding steroid dienone is 8. The van der Waals surface area contributed by atoms with E-state index in [4.69, 9.17) is 0 Å². The fourth-order valence-electron chi connectivity index (χ4n) is 10.1. The summed E-state index contributed by atoms with van der Waals surface area (Å²) >= 11 is 0. The number of unbranched alkanes of at least 4 members (excludes halogenated alkanes) is 2. The Morgan fingerprint density at radius 2 is 1.32 bits per heavy atom. The zero-order chi connectivity index (χ0) is 42.3. The zero-order valence-corrected chi connectivity index (χ0v) is 37.0. The van der Waals surface area contributed by atoms with Gasteiger partial charge in [0.15, 0.2) is 5.71 Å². The minimum absolute atomic E-state index is 0.248. The lowest BCUT2D eigenvalue weighted by molar-refractivity contribution is -0.438. The molecule has 0 spiro atoms. The van der Waals surface area contributed by atoms with Crippen LogP contribution in [0.1, 0.15) is 97.6 Å². The van der Waals surface area contributed by atoms with Crippen LogP contribution >= 0.6 is 0 Å². The molecule has 312 valence electrons. The Morgan fingerprint density at radius 3 is 1.97 bits per heavy atom. The molecule has 0 unspecified atom stereocenters. The second-order valence-corrected chi connectivity index (χ2v) is 21.0. The Balaban J connectivity index is 1.28. The van der Waals surface area contributed by atoms with Crippen molar-refractivity contribution in [2.24, 2.45) is 5.92 Å². The molecule has 0 bridgehead atoms. The molecule has 2 N–H and O–H groups in total. The number of fused-ring (bicyclic) bond motifs is 6. The molecule has 0 saturated carbocycles. The summed E-state index contributed by atoms with van der Waals surface area (Å²) < 4.78 is 67.5. The summed E-state index contributed by atoms with van der Waals surface area (Å²) in [5, 5.41) is 4.82. The van der Waals surface area contributed by atoms with E-state index in [0.717, 1.165) is 30.6 Å². The molecule has 2 aliphatic heterocycles. The second-order valence-electron chi connectivity index (χ2n) is 17.8. The highest BCUT2D eigenvalue weighted by Crippen LogP contribution is 2.51. The van der Waals surface area contributed by atoms with E-state index < -0.39 is 20.2 Å². The van der Waals surface area contributed by atoms with E-state index in [1.165, 1.54) is 60.8 Å². The van der Waals surface area contributed by atoms with Gasteiger partial charge in [-0.2, -0.15) is 21.4 Å². The Morgan fingerprint density at radius 1 is 0.712 bits per heavy atom. The van der Waals surface area contributed by atoms with Gasteiger partial charge in [0, 0.05) is 47.5 Å². The van der Waals surface area contributed by atoms with Crippen LogP contribution in [-0.4, -0.2) is 60.8 Å². The molecule has 7 rings (SSSR count). The summed E-state index contributed by atoms with van der Waals surface area (Å²) in [6, 6.07) is 25.7. The van der Waals surface area contributed by atoms with Gasteiger partial charge in [0.05, 0.1) is 16.9 Å². The number of hydrogen-bond acceptors (Lipinski definition) is 5. The molecular weight excluding hydrogens is 777 g/mol. The lowest BCUT2D eigenvalue weighted by Gasteiger charge is -2.28. The van der Waals surface area contributed by atoms with Crippen LogP contribution < -0.4 is 4.90 Å². The van der Waals surface area contributed by atoms with Crippen molar-refractivity contribution in [2.75, 3.05) is 29.5 Å². The average molecular weight is 836 g/mol. The Kier molecular flexibility index (Phi) is 12.0. The van der Waals surface area contributed by atoms with Gasteiger partial charge in [-0.15, -0.1) is 0 Å². The molecule has 4 aromatic carbocycles. The third-order valence-electron chi connectivity index (χ3n) is 12.6. The lowest BCUT2D eigenvalue weighted by Crippen LogP contribution is -2.28. The van der Waals surface area contributed by atoms with Gasteiger partial charge in [-0.05, 0) is 120 Å². The molecule has 0 aromatic heterocycles. The molecule has 4 aromatic rings. The summed E-state index contributed by atoms with van der Waals surface area (Å²) in [7, 11) is -8.06. The molecule has 2 heterocycles. The molecular formula is C49H59N2O6S2+. The Labute approximate surface area is 351 Å². The zero-order valence-electron chi connectivity index (χ0n) is 35.3. The van der Waals surface area contributed by atoms with Crippen LogP contribution in [-0.2, 0) is 31.1 Å². The predicted octanol–water partition coefficient (Wildman–Crippen LogP) is 11.0. The summed E-state index contributed by atoms with van der Waals surface area (Å²) in [5.74, 6) is -0.212. The lowest BCUT2D eigenvalue weighted by atomic mass is 9.77. The van der Waals surface area contributed by atoms with Crippen molar-refractivity contribution in [1.82, 2.24) is 0 Å². The summed E-state index contributed by atoms with van der Waals surface area (Å²) in [6.07, 6.45) is 14.2. The SMILES string of the molecule is CC(C)C1=C(C=CC2=[N+](CCCCS(=O)(=O)O)c3ccc4ccccc4c3C2(C)C)CCCC1=CC=C1N(CCCCS(=O)(=O)O)c2ccc3ccccc3c2C1(C)C. The van der Waals surface area contributed by atoms with E-state index in [-0.39, 0.29) is 28.3 Å². The normalized spacial score (nSPS) is 19.4. The monoisotopic (exact) mass is 835 g/mol. The first-order valence-corrected chi connectivity index (χ1v) is 24.3. The van der Waals surface area contributed by atoms with Crippen molar-refractivity contribution < 1.29 is 30.5 Å². The maximum atomic E-state index is 11.6. The fourth-order valence-corrected chi connectivity index (χ4v) is 11.2. The molecule has 8 nitrogen and oxygen atoms in total. The summed E-state index contributed by atoms with van der Waals surface area (Å²) in [6.45, 7) is 15.0. The summed E-state index contributed by atoms with van der Waals surface area (Å²) in [4.78, 5) is 2.36. The van der Waals surface area contributed by atoms with Crippen LogP contribution in [0.2, 0.25) is 0 Å². The molecule has 0 radical (unpaired) electrons. The maximum absolute atomic E-state index is 11.6. The Hall–Kier alpha value is -4.35. The van der Waals surface area contributed by atoms with Crippen LogP contribution in [0.15, 0.2) is 120 Å². The van der Waals surface area contributed by atoms with Gasteiger partial charge in [-0.1, -0.05) is 94.4 Å². The fraction of sp³-hybridized carbons (Fsp3) is 0.408. The van der Waals surface area contributed by atoms with Crippen LogP contribution in [0.25, 0.3) is 21.5 Å². The number of nitrogens with zero attached hydrogens (tertiary/aromatic N) is 2. The van der Waals surface area contributed by atoms with E-state index in [0.29, 0.717) is 38.8 Å². The molecule has 0 atom stereocenters. The van der Waals surface area contributed by atoms with Crippen LogP contribution in [0.3, 0.4) is 0 Å². The average Bonchev–Trinajstić information content (AvgIpc) is 3.53. The third-order valence-corrected chi connectivity index (χ3v) is 14.2. The van der Waals surface area contributed by atoms with Gasteiger partial charge in [-0.3, -0.25) is 9.11 Å². The predicted molar refractivity (Wildman–Crippen MR) is 243 cm³/mol. The highest BCUT2D eigenvalue weighted by Gasteiger charge is 2.45. The van der Waals surface area contributed by atoms with Crippen molar-refractivity contribution in [1.29, 1.82) is 0 Å².